The van der Waals surface area contributed by atoms with E-state index in [1.165, 1.54) is 6.92 Å². The van der Waals surface area contributed by atoms with Crippen molar-refractivity contribution in [3.8, 4) is 0 Å². The van der Waals surface area contributed by atoms with Crippen molar-refractivity contribution in [2.45, 2.75) is 11.1 Å². The lowest BCUT2D eigenvalue weighted by atomic mass is 10.6. The topological polar surface area (TPSA) is 85.4 Å². The molecule has 0 unspecified atom stereocenters. The predicted molar refractivity (Wildman–Crippen MR) is 51.2 cm³/mol. The third kappa shape index (κ3) is 2.86. The fraction of sp³-hybridized carbons (Fsp3) is 0.333. The summed E-state index contributed by atoms with van der Waals surface area (Å²) < 4.78 is 37.5. The van der Waals surface area contributed by atoms with Crippen molar-refractivity contribution in [3.63, 3.8) is 0 Å². The Morgan fingerprint density at radius 1 is 1.60 bits per heavy atom. The van der Waals surface area contributed by atoms with Gasteiger partial charge in [-0.1, -0.05) is 15.2 Å². The third-order valence-corrected chi connectivity index (χ3v) is 3.82. The summed E-state index contributed by atoms with van der Waals surface area (Å²) in [6.45, 7) is 1.32. The smallest absolute Gasteiger partial charge is 0.413 e. The molecule has 0 fully saturated rings. The van der Waals surface area contributed by atoms with Crippen LogP contribution in [0.5, 0.6) is 0 Å². The number of thiazole rings is 1. The summed E-state index contributed by atoms with van der Waals surface area (Å²) in [4.78, 5) is 14.4. The van der Waals surface area contributed by atoms with Crippen molar-refractivity contribution in [3.05, 3.63) is 5.69 Å². The van der Waals surface area contributed by atoms with E-state index >= 15 is 0 Å². The highest BCUT2D eigenvalue weighted by Crippen LogP contribution is 2.28. The van der Waals surface area contributed by atoms with Gasteiger partial charge in [-0.3, -0.25) is 5.32 Å². The summed E-state index contributed by atoms with van der Waals surface area (Å²) in [5.41, 5.74) is -0.00565. The molecule has 0 aliphatic rings. The van der Waals surface area contributed by atoms with Crippen LogP contribution in [0.2, 0.25) is 0 Å². The first-order valence-electron chi connectivity index (χ1n) is 3.61. The minimum atomic E-state index is -4.79. The lowest BCUT2D eigenvalue weighted by Gasteiger charge is -1.96. The fourth-order valence-electron chi connectivity index (χ4n) is 0.800. The van der Waals surface area contributed by atoms with E-state index in [0.29, 0.717) is 11.3 Å². The molecular formula is C6H7FN2O4S2. The molecule has 0 aliphatic heterocycles. The first kappa shape index (κ1) is 11.9. The normalized spacial score (nSPS) is 11.1. The van der Waals surface area contributed by atoms with Gasteiger partial charge in [0.15, 0.2) is 9.34 Å². The van der Waals surface area contributed by atoms with Gasteiger partial charge in [0.05, 0.1) is 12.8 Å². The second-order valence-corrected chi connectivity index (χ2v) is 4.99. The molecular weight excluding hydrogens is 247 g/mol. The SMILES string of the molecule is COC(=O)Nc1nc(C)c(S(=O)(=O)F)s1. The zero-order valence-electron chi connectivity index (χ0n) is 7.77. The van der Waals surface area contributed by atoms with Crippen LogP contribution in [0, 0.1) is 6.92 Å². The Morgan fingerprint density at radius 2 is 2.20 bits per heavy atom. The van der Waals surface area contributed by atoms with E-state index in [9.17, 15) is 17.1 Å². The highest BCUT2D eigenvalue weighted by atomic mass is 32.3. The van der Waals surface area contributed by atoms with Crippen molar-refractivity contribution in [2.75, 3.05) is 12.4 Å². The number of hydrogen-bond acceptors (Lipinski definition) is 6. The molecule has 0 bridgehead atoms. The molecule has 9 heteroatoms. The number of rotatable bonds is 2. The van der Waals surface area contributed by atoms with Gasteiger partial charge in [0.25, 0.3) is 0 Å². The number of ether oxygens (including phenoxy) is 1. The van der Waals surface area contributed by atoms with Crippen LogP contribution in [0.4, 0.5) is 13.8 Å². The molecule has 0 aromatic carbocycles. The molecule has 0 saturated carbocycles. The molecule has 1 rings (SSSR count). The lowest BCUT2D eigenvalue weighted by Crippen LogP contribution is -2.10. The second-order valence-electron chi connectivity index (χ2n) is 2.45. The van der Waals surface area contributed by atoms with Gasteiger partial charge in [0.2, 0.25) is 0 Å². The molecule has 1 aromatic heterocycles. The average molecular weight is 254 g/mol. The monoisotopic (exact) mass is 254 g/mol. The molecule has 1 aromatic rings. The summed E-state index contributed by atoms with van der Waals surface area (Å²) in [6, 6.07) is 0. The molecule has 1 N–H and O–H groups in total. The van der Waals surface area contributed by atoms with Gasteiger partial charge in [-0.25, -0.2) is 9.78 Å². The molecule has 0 saturated heterocycles. The minimum Gasteiger partial charge on any atom is -0.453 e. The standard InChI is InChI=1S/C6H7FN2O4S2/c1-3-4(15(7,11)12)14-5(8-3)9-6(10)13-2/h1-2H3,(H,8,9,10). The number of carbonyl (C=O) groups is 1. The molecule has 0 aliphatic carbocycles. The van der Waals surface area contributed by atoms with Crippen molar-refractivity contribution in [2.24, 2.45) is 0 Å². The molecule has 1 amide bonds. The van der Waals surface area contributed by atoms with Gasteiger partial charge in [-0.2, -0.15) is 8.42 Å². The Hall–Kier alpha value is -1.22. The van der Waals surface area contributed by atoms with E-state index < -0.39 is 20.5 Å². The number of hydrogen-bond donors (Lipinski definition) is 1. The maximum atomic E-state index is 12.6. The number of carbonyl (C=O) groups excluding carboxylic acids is 1. The highest BCUT2D eigenvalue weighted by molar-refractivity contribution is 7.88. The summed E-state index contributed by atoms with van der Waals surface area (Å²) >= 11 is 0.524. The Bertz CT molecular complexity index is 481. The molecule has 84 valence electrons. The number of halogens is 1. The number of aromatic nitrogens is 1. The van der Waals surface area contributed by atoms with Gasteiger partial charge >= 0.3 is 16.3 Å². The third-order valence-electron chi connectivity index (χ3n) is 1.37. The number of amides is 1. The minimum absolute atomic E-state index is 0.00565. The summed E-state index contributed by atoms with van der Waals surface area (Å²) in [5.74, 6) is 0. The second kappa shape index (κ2) is 4.11. The van der Waals surface area contributed by atoms with Gasteiger partial charge < -0.3 is 4.74 Å². The van der Waals surface area contributed by atoms with E-state index in [4.69, 9.17) is 0 Å². The van der Waals surface area contributed by atoms with Gasteiger partial charge in [-0.15, -0.1) is 0 Å². The Labute approximate surface area is 89.3 Å². The van der Waals surface area contributed by atoms with Crippen LogP contribution in [0.15, 0.2) is 4.21 Å². The molecule has 6 nitrogen and oxygen atoms in total. The quantitative estimate of drug-likeness (QED) is 0.804. The van der Waals surface area contributed by atoms with Crippen molar-refractivity contribution >= 4 is 32.8 Å². The van der Waals surface area contributed by atoms with Crippen molar-refractivity contribution in [1.29, 1.82) is 0 Å². The maximum Gasteiger partial charge on any atom is 0.413 e. The van der Waals surface area contributed by atoms with Gasteiger partial charge in [-0.05, 0) is 6.92 Å². The lowest BCUT2D eigenvalue weighted by molar-refractivity contribution is 0.187. The maximum absolute atomic E-state index is 12.6. The van der Waals surface area contributed by atoms with Crippen LogP contribution < -0.4 is 5.32 Å². The van der Waals surface area contributed by atoms with Gasteiger partial charge in [0.1, 0.15) is 0 Å². The summed E-state index contributed by atoms with van der Waals surface area (Å²) in [6.07, 6.45) is -0.799. The Balaban J connectivity index is 3.02. The fourth-order valence-corrected chi connectivity index (χ4v) is 2.52. The van der Waals surface area contributed by atoms with E-state index in [0.717, 1.165) is 7.11 Å². The largest absolute Gasteiger partial charge is 0.453 e. The van der Waals surface area contributed by atoms with Crippen LogP contribution in [-0.4, -0.2) is 26.6 Å². The average Bonchev–Trinajstić information content (AvgIpc) is 2.45. The summed E-state index contributed by atoms with van der Waals surface area (Å²) in [7, 11) is -3.65. The van der Waals surface area contributed by atoms with Gasteiger partial charge in [0, 0.05) is 0 Å². The first-order chi connectivity index (χ1) is 6.84. The molecule has 1 heterocycles. The van der Waals surface area contributed by atoms with Crippen LogP contribution in [0.25, 0.3) is 0 Å². The molecule has 0 spiro atoms. The molecule has 15 heavy (non-hydrogen) atoms. The highest BCUT2D eigenvalue weighted by Gasteiger charge is 2.21. The number of methoxy groups -OCH3 is 1. The van der Waals surface area contributed by atoms with Crippen molar-refractivity contribution < 1.29 is 21.8 Å². The Kier molecular flexibility index (Phi) is 3.25. The number of nitrogens with zero attached hydrogens (tertiary/aromatic N) is 1. The van der Waals surface area contributed by atoms with Crippen LogP contribution >= 0.6 is 11.3 Å². The Morgan fingerprint density at radius 3 is 2.60 bits per heavy atom. The van der Waals surface area contributed by atoms with Crippen LogP contribution in [0.1, 0.15) is 5.69 Å². The predicted octanol–water partition coefficient (Wildman–Crippen LogP) is 1.29. The number of anilines is 1. The van der Waals surface area contributed by atoms with Crippen LogP contribution in [0.3, 0.4) is 0 Å². The van der Waals surface area contributed by atoms with E-state index in [2.05, 4.69) is 15.0 Å². The van der Waals surface area contributed by atoms with E-state index in [1.807, 2.05) is 0 Å². The summed E-state index contributed by atoms with van der Waals surface area (Å²) in [5, 5.41) is 2.11. The zero-order chi connectivity index (χ0) is 11.6. The zero-order valence-corrected chi connectivity index (χ0v) is 9.41. The van der Waals surface area contributed by atoms with Crippen LogP contribution in [-0.2, 0) is 15.0 Å². The molecule has 0 atom stereocenters. The number of aryl methyl sites for hydroxylation is 1. The molecule has 0 radical (unpaired) electrons. The van der Waals surface area contributed by atoms with E-state index in [-0.39, 0.29) is 10.8 Å². The first-order valence-corrected chi connectivity index (χ1v) is 5.81. The van der Waals surface area contributed by atoms with Crippen molar-refractivity contribution in [1.82, 2.24) is 4.98 Å². The van der Waals surface area contributed by atoms with E-state index in [1.54, 1.807) is 0 Å². The number of nitrogens with one attached hydrogen (secondary N) is 1.